The first kappa shape index (κ1) is 29.8. The molecule has 4 aliphatic rings. The Balaban J connectivity index is 1.11. The molecule has 1 unspecified atom stereocenters. The first-order valence-corrected chi connectivity index (χ1v) is 18.2. The SMILES string of the molecule is C1=C(C(C2=CCc3ccccc32)c2ccc(C(C3=CCc4ccccc43)C3=CC(=Nc4ccccc4)c4ccccc43)cc2)c2ccccc2C1. The van der Waals surface area contributed by atoms with Crippen molar-refractivity contribution in [3.8, 4) is 0 Å². The standard InChI is InChI=1S/C50H37N/c1-2-15-38(16-3-1)51-48-32-47(42-20-10-11-21-43(42)48)50(46-31-28-35-14-6-9-19-41(35)46)37-24-22-36(23-25-37)49(44-29-26-33-12-4-7-17-39(33)44)45-30-27-34-13-5-8-18-40(34)45/h1-25,29-32,49-50H,26-28H2. The summed E-state index contributed by atoms with van der Waals surface area (Å²) >= 11 is 0. The fraction of sp³-hybridized carbons (Fsp3) is 0.100. The Morgan fingerprint density at radius 1 is 0.353 bits per heavy atom. The molecule has 242 valence electrons. The Kier molecular flexibility index (Phi) is 7.24. The molecule has 0 bridgehead atoms. The van der Waals surface area contributed by atoms with E-state index in [4.69, 9.17) is 4.99 Å². The molecule has 0 amide bonds. The van der Waals surface area contributed by atoms with E-state index in [1.807, 2.05) is 6.07 Å². The number of benzene rings is 6. The number of rotatable bonds is 7. The Labute approximate surface area is 300 Å². The highest BCUT2D eigenvalue weighted by Gasteiger charge is 2.34. The van der Waals surface area contributed by atoms with Gasteiger partial charge in [-0.3, -0.25) is 0 Å². The number of hydrogen-bond donors (Lipinski definition) is 0. The Morgan fingerprint density at radius 2 is 0.745 bits per heavy atom. The van der Waals surface area contributed by atoms with Crippen LogP contribution in [-0.4, -0.2) is 5.71 Å². The molecule has 0 saturated carbocycles. The zero-order valence-corrected chi connectivity index (χ0v) is 28.5. The molecule has 51 heavy (non-hydrogen) atoms. The third-order valence-electron chi connectivity index (χ3n) is 11.3. The summed E-state index contributed by atoms with van der Waals surface area (Å²) < 4.78 is 0. The van der Waals surface area contributed by atoms with Crippen LogP contribution in [0, 0.1) is 0 Å². The average Bonchev–Trinajstić information content (AvgIpc) is 3.99. The zero-order valence-electron chi connectivity index (χ0n) is 28.5. The summed E-state index contributed by atoms with van der Waals surface area (Å²) in [6.45, 7) is 0. The van der Waals surface area contributed by atoms with Gasteiger partial charge in [0.15, 0.2) is 0 Å². The summed E-state index contributed by atoms with van der Waals surface area (Å²) in [5, 5.41) is 0. The minimum Gasteiger partial charge on any atom is -0.248 e. The smallest absolute Gasteiger partial charge is 0.0718 e. The van der Waals surface area contributed by atoms with Crippen LogP contribution in [0.4, 0.5) is 5.69 Å². The molecule has 0 heterocycles. The van der Waals surface area contributed by atoms with Crippen LogP contribution in [-0.2, 0) is 19.3 Å². The van der Waals surface area contributed by atoms with E-state index in [2.05, 4.69) is 170 Å². The van der Waals surface area contributed by atoms with Gasteiger partial charge in [-0.2, -0.15) is 0 Å². The second-order valence-electron chi connectivity index (χ2n) is 14.1. The van der Waals surface area contributed by atoms with Gasteiger partial charge in [-0.15, -0.1) is 0 Å². The summed E-state index contributed by atoms with van der Waals surface area (Å²) in [4.78, 5) is 5.17. The maximum atomic E-state index is 5.17. The van der Waals surface area contributed by atoms with Crippen molar-refractivity contribution in [3.05, 3.63) is 232 Å². The highest BCUT2D eigenvalue weighted by Crippen LogP contribution is 2.51. The molecule has 1 atom stereocenters. The predicted octanol–water partition coefficient (Wildman–Crippen LogP) is 12.0. The van der Waals surface area contributed by atoms with E-state index < -0.39 is 0 Å². The first-order chi connectivity index (χ1) is 25.3. The molecule has 10 rings (SSSR count). The van der Waals surface area contributed by atoms with Crippen molar-refractivity contribution in [2.75, 3.05) is 0 Å². The van der Waals surface area contributed by atoms with Crippen molar-refractivity contribution in [2.24, 2.45) is 4.99 Å². The van der Waals surface area contributed by atoms with Crippen LogP contribution >= 0.6 is 0 Å². The quantitative estimate of drug-likeness (QED) is 0.163. The minimum absolute atomic E-state index is 0.0728. The second kappa shape index (κ2) is 12.4. The van der Waals surface area contributed by atoms with Crippen LogP contribution in [0.1, 0.15) is 67.5 Å². The number of aliphatic imine (C=N–C) groups is 1. The normalized spacial score (nSPS) is 16.6. The predicted molar refractivity (Wildman–Crippen MR) is 213 cm³/mol. The van der Waals surface area contributed by atoms with Crippen LogP contribution < -0.4 is 0 Å². The number of fused-ring (bicyclic) bond motifs is 4. The monoisotopic (exact) mass is 651 g/mol. The van der Waals surface area contributed by atoms with Gasteiger partial charge in [0, 0.05) is 17.4 Å². The number of allylic oxidation sites excluding steroid dienone is 8. The van der Waals surface area contributed by atoms with Crippen molar-refractivity contribution >= 4 is 33.7 Å². The van der Waals surface area contributed by atoms with Crippen molar-refractivity contribution < 1.29 is 0 Å². The molecule has 1 heteroatoms. The molecule has 0 aromatic heterocycles. The highest BCUT2D eigenvalue weighted by atomic mass is 14.7. The van der Waals surface area contributed by atoms with Crippen LogP contribution in [0.2, 0.25) is 0 Å². The van der Waals surface area contributed by atoms with Crippen molar-refractivity contribution in [2.45, 2.75) is 31.1 Å². The fourth-order valence-corrected chi connectivity index (χ4v) is 8.92. The third-order valence-corrected chi connectivity index (χ3v) is 11.3. The summed E-state index contributed by atoms with van der Waals surface area (Å²) in [6.07, 6.45) is 12.7. The molecule has 0 radical (unpaired) electrons. The van der Waals surface area contributed by atoms with E-state index in [0.29, 0.717) is 0 Å². The zero-order chi connectivity index (χ0) is 33.7. The first-order valence-electron chi connectivity index (χ1n) is 18.2. The lowest BCUT2D eigenvalue weighted by Gasteiger charge is -2.26. The van der Waals surface area contributed by atoms with E-state index in [1.54, 1.807) is 0 Å². The van der Waals surface area contributed by atoms with Gasteiger partial charge in [0.05, 0.1) is 11.4 Å². The largest absolute Gasteiger partial charge is 0.248 e. The van der Waals surface area contributed by atoms with Gasteiger partial charge in [0.2, 0.25) is 0 Å². The van der Waals surface area contributed by atoms with Crippen molar-refractivity contribution in [1.29, 1.82) is 0 Å². The van der Waals surface area contributed by atoms with Crippen molar-refractivity contribution in [1.82, 2.24) is 0 Å². The lowest BCUT2D eigenvalue weighted by molar-refractivity contribution is 1.09. The summed E-state index contributed by atoms with van der Waals surface area (Å²) in [5.74, 6) is 0.246. The average molecular weight is 652 g/mol. The molecule has 0 N–H and O–H groups in total. The second-order valence-corrected chi connectivity index (χ2v) is 14.1. The molecule has 1 nitrogen and oxygen atoms in total. The summed E-state index contributed by atoms with van der Waals surface area (Å²) in [7, 11) is 0. The van der Waals surface area contributed by atoms with E-state index in [1.165, 1.54) is 77.9 Å². The minimum atomic E-state index is 0.0728. The molecular formula is C50H37N. The van der Waals surface area contributed by atoms with Gasteiger partial charge in [0.1, 0.15) is 0 Å². The molecule has 0 fully saturated rings. The van der Waals surface area contributed by atoms with Crippen LogP contribution in [0.3, 0.4) is 0 Å². The number of hydrogen-bond acceptors (Lipinski definition) is 1. The molecule has 0 aliphatic heterocycles. The van der Waals surface area contributed by atoms with E-state index in [0.717, 1.165) is 30.7 Å². The Morgan fingerprint density at radius 3 is 1.24 bits per heavy atom. The Bertz CT molecular complexity index is 2420. The van der Waals surface area contributed by atoms with E-state index in [-0.39, 0.29) is 11.8 Å². The van der Waals surface area contributed by atoms with Crippen LogP contribution in [0.25, 0.3) is 22.3 Å². The van der Waals surface area contributed by atoms with Crippen LogP contribution in [0.5, 0.6) is 0 Å². The lowest BCUT2D eigenvalue weighted by atomic mass is 9.77. The Hall–Kier alpha value is -6.05. The topological polar surface area (TPSA) is 12.4 Å². The molecule has 4 aliphatic carbocycles. The van der Waals surface area contributed by atoms with Crippen LogP contribution in [0.15, 0.2) is 181 Å². The van der Waals surface area contributed by atoms with Gasteiger partial charge in [-0.05, 0) is 110 Å². The molecule has 6 aromatic rings. The molecule has 6 aromatic carbocycles. The van der Waals surface area contributed by atoms with Crippen molar-refractivity contribution in [3.63, 3.8) is 0 Å². The maximum absolute atomic E-state index is 5.17. The number of nitrogens with zero attached hydrogens (tertiary/aromatic N) is 1. The van der Waals surface area contributed by atoms with Gasteiger partial charge < -0.3 is 0 Å². The number of para-hydroxylation sites is 1. The molecular weight excluding hydrogens is 615 g/mol. The van der Waals surface area contributed by atoms with E-state index in [9.17, 15) is 0 Å². The van der Waals surface area contributed by atoms with Gasteiger partial charge in [-0.25, -0.2) is 4.99 Å². The maximum Gasteiger partial charge on any atom is 0.0718 e. The van der Waals surface area contributed by atoms with Gasteiger partial charge in [0.25, 0.3) is 0 Å². The fourth-order valence-electron chi connectivity index (χ4n) is 8.92. The highest BCUT2D eigenvalue weighted by molar-refractivity contribution is 6.22. The van der Waals surface area contributed by atoms with E-state index >= 15 is 0 Å². The third kappa shape index (κ3) is 5.12. The van der Waals surface area contributed by atoms with Gasteiger partial charge in [-0.1, -0.05) is 158 Å². The summed E-state index contributed by atoms with van der Waals surface area (Å²) in [6, 6.07) is 55.7. The van der Waals surface area contributed by atoms with Gasteiger partial charge >= 0.3 is 0 Å². The molecule has 0 spiro atoms. The summed E-state index contributed by atoms with van der Waals surface area (Å²) in [5.41, 5.74) is 21.1. The lowest BCUT2D eigenvalue weighted by Crippen LogP contribution is -2.07. The molecule has 0 saturated heterocycles.